The van der Waals surface area contributed by atoms with Gasteiger partial charge in [-0.25, -0.2) is 9.59 Å². The van der Waals surface area contributed by atoms with Crippen LogP contribution in [0.5, 0.6) is 11.5 Å². The van der Waals surface area contributed by atoms with E-state index in [1.807, 2.05) is 109 Å². The first-order chi connectivity index (χ1) is 32.3. The van der Waals surface area contributed by atoms with Gasteiger partial charge in [0.1, 0.15) is 36.8 Å². The van der Waals surface area contributed by atoms with Gasteiger partial charge < -0.3 is 65.9 Å². The summed E-state index contributed by atoms with van der Waals surface area (Å²) in [5.41, 5.74) is 11.3. The van der Waals surface area contributed by atoms with Crippen molar-refractivity contribution in [2.24, 2.45) is 0 Å². The third kappa shape index (κ3) is 19.7. The number of halogens is 2. The van der Waals surface area contributed by atoms with Gasteiger partial charge in [0.2, 0.25) is 11.8 Å². The molecular formula is C56H74Cl2N4O8S. The van der Waals surface area contributed by atoms with E-state index in [-0.39, 0.29) is 104 Å². The maximum atomic E-state index is 13.3. The number of esters is 2. The van der Waals surface area contributed by atoms with Gasteiger partial charge in [0.25, 0.3) is 0 Å². The number of amides is 2. The monoisotopic (exact) mass is 1030 g/mol. The molecule has 386 valence electrons. The third-order valence-electron chi connectivity index (χ3n) is 11.3. The average Bonchev–Trinajstić information content (AvgIpc) is 3.35. The molecule has 0 aliphatic heterocycles. The quantitative estimate of drug-likeness (QED) is 0.0449. The highest BCUT2D eigenvalue weighted by Crippen LogP contribution is 2.45. The lowest BCUT2D eigenvalue weighted by atomic mass is 9.92. The molecule has 15 heteroatoms. The second kappa shape index (κ2) is 34.5. The molecular weight excluding hydrogens is 960 g/mol. The Labute approximate surface area is 439 Å². The second-order valence-electron chi connectivity index (χ2n) is 16.3. The molecule has 0 unspecified atom stereocenters. The topological polar surface area (TPSA) is 185 Å². The molecule has 8 N–H and O–H groups in total. The van der Waals surface area contributed by atoms with Crippen molar-refractivity contribution in [3.05, 3.63) is 145 Å². The van der Waals surface area contributed by atoms with Crippen LogP contribution in [0.2, 0.25) is 0 Å². The predicted molar refractivity (Wildman–Crippen MR) is 280 cm³/mol. The summed E-state index contributed by atoms with van der Waals surface area (Å²) in [6.07, 6.45) is 5.23. The molecule has 0 spiro atoms. The van der Waals surface area contributed by atoms with E-state index < -0.39 is 24.0 Å². The van der Waals surface area contributed by atoms with Gasteiger partial charge in [-0.2, -0.15) is 13.5 Å². The number of unbranched alkanes of at least 4 members (excludes halogenated alkanes) is 2. The van der Waals surface area contributed by atoms with Crippen molar-refractivity contribution in [2.45, 2.75) is 104 Å². The molecule has 0 bridgehead atoms. The van der Waals surface area contributed by atoms with Crippen LogP contribution in [0.3, 0.4) is 0 Å². The molecule has 0 heterocycles. The van der Waals surface area contributed by atoms with Gasteiger partial charge in [-0.05, 0) is 96.2 Å². The Balaban J connectivity index is 0.00000504. The molecule has 0 saturated heterocycles. The molecule has 6 aromatic rings. The van der Waals surface area contributed by atoms with E-state index in [0.29, 0.717) is 37.2 Å². The number of hydrogen-bond donors (Lipinski definition) is 4. The van der Waals surface area contributed by atoms with Crippen LogP contribution in [0, 0.1) is 0 Å². The highest BCUT2D eigenvalue weighted by Gasteiger charge is 2.24. The van der Waals surface area contributed by atoms with Crippen molar-refractivity contribution < 1.29 is 74.4 Å². The minimum absolute atomic E-state index is 0. The number of fused-ring (bicyclic) bond motifs is 2. The minimum Gasteiger partial charge on any atom is -1.00 e. The zero-order valence-corrected chi connectivity index (χ0v) is 41.6. The molecule has 2 atom stereocenters. The molecule has 6 rings (SSSR count). The van der Waals surface area contributed by atoms with E-state index in [2.05, 4.69) is 46.4 Å². The van der Waals surface area contributed by atoms with Crippen molar-refractivity contribution in [1.82, 2.24) is 10.6 Å². The van der Waals surface area contributed by atoms with Gasteiger partial charge in [0, 0.05) is 24.0 Å². The van der Waals surface area contributed by atoms with Crippen LogP contribution in [0.15, 0.2) is 133 Å². The van der Waals surface area contributed by atoms with Crippen molar-refractivity contribution >= 4 is 58.8 Å². The SMILES string of the molecule is C.C.S.[Cl-].[Cl-].[NH3+]CCCC[C@@H](NC(=O)CCCOc1ccc2ccccc2c1-c1c(OCCCC(=O)N[C@H](CCCC[NH3+])C(=O)OCc2ccccc2)ccc2ccccc12)C(=O)OCc1ccccc1. The van der Waals surface area contributed by atoms with Crippen LogP contribution in [0.1, 0.15) is 90.2 Å². The Bertz CT molecular complexity index is 2330. The van der Waals surface area contributed by atoms with E-state index in [1.54, 1.807) is 0 Å². The van der Waals surface area contributed by atoms with Crippen LogP contribution in [0.4, 0.5) is 0 Å². The van der Waals surface area contributed by atoms with E-state index in [4.69, 9.17) is 18.9 Å². The van der Waals surface area contributed by atoms with Crippen molar-refractivity contribution in [1.29, 1.82) is 0 Å². The summed E-state index contributed by atoms with van der Waals surface area (Å²) in [4.78, 5) is 52.7. The van der Waals surface area contributed by atoms with E-state index in [0.717, 1.165) is 82.6 Å². The normalized spacial score (nSPS) is 11.1. The maximum Gasteiger partial charge on any atom is 0.328 e. The molecule has 0 aromatic heterocycles. The first-order valence-electron chi connectivity index (χ1n) is 23.2. The summed E-state index contributed by atoms with van der Waals surface area (Å²) in [5, 5.41) is 9.80. The fraction of sp³-hybridized carbons (Fsp3) is 0.357. The number of ether oxygens (including phenoxy) is 4. The Morgan fingerprint density at radius 2 is 0.831 bits per heavy atom. The van der Waals surface area contributed by atoms with Gasteiger partial charge >= 0.3 is 11.9 Å². The van der Waals surface area contributed by atoms with Gasteiger partial charge in [0.05, 0.1) is 26.3 Å². The first kappa shape index (κ1) is 63.2. The smallest absolute Gasteiger partial charge is 0.328 e. The van der Waals surface area contributed by atoms with Crippen molar-refractivity contribution in [3.8, 4) is 22.6 Å². The zero-order chi connectivity index (χ0) is 46.4. The number of hydrogen-bond acceptors (Lipinski definition) is 8. The minimum atomic E-state index is -0.751. The van der Waals surface area contributed by atoms with E-state index in [1.165, 1.54) is 0 Å². The Hall–Kier alpha value is -5.83. The molecule has 0 radical (unpaired) electrons. The largest absolute Gasteiger partial charge is 1.00 e. The fourth-order valence-electron chi connectivity index (χ4n) is 7.83. The fourth-order valence-corrected chi connectivity index (χ4v) is 7.83. The Kier molecular flexibility index (Phi) is 30.7. The number of nitrogens with one attached hydrogen (secondary N) is 2. The standard InChI is InChI=1S/C54H62N4O8.2CH4.2ClH.H2S/c55-33-13-11-25-45(53(61)65-37-39-17-3-1-4-18-39)57-49(59)27-15-35-63-47-31-29-41-21-7-9-23-43(41)51(47)52-44-24-10-8-22-42(44)30-32-48(52)64-36-16-28-50(60)58-46(26-12-14-34-56)54(62)66-38-40-19-5-2-6-20-40;;;;;/h1-10,17-24,29-32,45-46H,11-16,25-28,33-38,55-56H2,(H,57,59)(H,58,60);2*1H4;2*1H;1H2/t45-,46-;;;;;/m1...../s1. The molecule has 71 heavy (non-hydrogen) atoms. The molecule has 12 nitrogen and oxygen atoms in total. The van der Waals surface area contributed by atoms with Crippen LogP contribution >= 0.6 is 13.5 Å². The molecule has 2 amide bonds. The summed E-state index contributed by atoms with van der Waals surface area (Å²) < 4.78 is 24.3. The average molecular weight is 1030 g/mol. The van der Waals surface area contributed by atoms with Crippen LogP contribution in [-0.4, -0.2) is 62.1 Å². The lowest BCUT2D eigenvalue weighted by Gasteiger charge is -2.20. The van der Waals surface area contributed by atoms with Gasteiger partial charge in [-0.3, -0.25) is 9.59 Å². The number of rotatable bonds is 27. The third-order valence-corrected chi connectivity index (χ3v) is 11.3. The summed E-state index contributed by atoms with van der Waals surface area (Å²) >= 11 is 0. The first-order valence-corrected chi connectivity index (χ1v) is 23.2. The van der Waals surface area contributed by atoms with E-state index in [9.17, 15) is 19.2 Å². The van der Waals surface area contributed by atoms with Gasteiger partial charge in [-0.1, -0.05) is 136 Å². The molecule has 0 fully saturated rings. The van der Waals surface area contributed by atoms with Crippen LogP contribution in [-0.2, 0) is 41.9 Å². The lowest BCUT2D eigenvalue weighted by Crippen LogP contribution is -3.00. The lowest BCUT2D eigenvalue weighted by molar-refractivity contribution is -0.368. The number of carbonyl (C=O) groups is 4. The highest BCUT2D eigenvalue weighted by molar-refractivity contribution is 7.59. The molecule has 0 aliphatic carbocycles. The molecule has 6 aromatic carbocycles. The van der Waals surface area contributed by atoms with Gasteiger partial charge in [-0.15, -0.1) is 0 Å². The zero-order valence-electron chi connectivity index (χ0n) is 39.1. The highest BCUT2D eigenvalue weighted by atomic mass is 35.5. The predicted octanol–water partition coefficient (Wildman–Crippen LogP) is 2.65. The van der Waals surface area contributed by atoms with E-state index >= 15 is 0 Å². The number of benzene rings is 6. The summed E-state index contributed by atoms with van der Waals surface area (Å²) in [6.45, 7) is 2.25. The summed E-state index contributed by atoms with van der Waals surface area (Å²) in [6, 6.07) is 41.6. The van der Waals surface area contributed by atoms with Gasteiger partial charge in [0.15, 0.2) is 0 Å². The molecule has 0 aliphatic rings. The van der Waals surface area contributed by atoms with Crippen LogP contribution < -0.4 is 56.4 Å². The summed E-state index contributed by atoms with van der Waals surface area (Å²) in [5.74, 6) is -0.139. The number of quaternary nitrogens is 2. The summed E-state index contributed by atoms with van der Waals surface area (Å²) in [7, 11) is 0. The van der Waals surface area contributed by atoms with Crippen LogP contribution in [0.25, 0.3) is 32.7 Å². The Morgan fingerprint density at radius 3 is 1.21 bits per heavy atom. The maximum absolute atomic E-state index is 13.3. The Morgan fingerprint density at radius 1 is 0.465 bits per heavy atom. The van der Waals surface area contributed by atoms with Crippen molar-refractivity contribution in [2.75, 3.05) is 26.3 Å². The second-order valence-corrected chi connectivity index (χ2v) is 16.3. The molecule has 0 saturated carbocycles. The van der Waals surface area contributed by atoms with Crippen molar-refractivity contribution in [3.63, 3.8) is 0 Å². The number of carbonyl (C=O) groups excluding carboxylic acids is 4.